The fourth-order valence-electron chi connectivity index (χ4n) is 4.63. The van der Waals surface area contributed by atoms with Crippen LogP contribution in [0.2, 0.25) is 0 Å². The maximum Gasteiger partial charge on any atom is 0.252 e. The Morgan fingerprint density at radius 1 is 1.06 bits per heavy atom. The van der Waals surface area contributed by atoms with E-state index in [-0.39, 0.29) is 23.1 Å². The molecule has 2 aromatic carbocycles. The van der Waals surface area contributed by atoms with Gasteiger partial charge in [0.25, 0.3) is 5.56 Å². The summed E-state index contributed by atoms with van der Waals surface area (Å²) in [5.74, 6) is 1.78. The number of fused-ring (bicyclic) bond motifs is 1. The van der Waals surface area contributed by atoms with Gasteiger partial charge in [0.15, 0.2) is 5.82 Å². The fraction of sp³-hybridized carbons (Fsp3) is 0.429. The molecule has 2 aromatic heterocycles. The monoisotopic (exact) mass is 488 g/mol. The van der Waals surface area contributed by atoms with Gasteiger partial charge in [-0.2, -0.15) is 0 Å². The lowest BCUT2D eigenvalue weighted by molar-refractivity contribution is 0.120. The number of ether oxygens (including phenoxy) is 1. The summed E-state index contributed by atoms with van der Waals surface area (Å²) in [5.41, 5.74) is 2.27. The van der Waals surface area contributed by atoms with E-state index >= 15 is 0 Å². The average Bonchev–Trinajstić information content (AvgIpc) is 3.30. The van der Waals surface area contributed by atoms with Crippen molar-refractivity contribution in [2.45, 2.75) is 66.2 Å². The first-order chi connectivity index (χ1) is 17.2. The molecule has 0 fully saturated rings. The molecule has 8 heteroatoms. The molecule has 8 nitrogen and oxygen atoms in total. The Hall–Kier alpha value is -3.52. The Kier molecular flexibility index (Phi) is 7.54. The SMILES string of the molecule is CCOc1ccc2[nH]c(=O)c(CN(Cc3ccccc3)[C@H](c3nnnn3C(C)(C)C)C(C)C)cc2c1. The van der Waals surface area contributed by atoms with Crippen LogP contribution < -0.4 is 10.3 Å². The van der Waals surface area contributed by atoms with E-state index in [0.717, 1.165) is 28.0 Å². The Bertz CT molecular complexity index is 1350. The van der Waals surface area contributed by atoms with Crippen molar-refractivity contribution in [1.29, 1.82) is 0 Å². The summed E-state index contributed by atoms with van der Waals surface area (Å²) in [6.07, 6.45) is 0. The van der Waals surface area contributed by atoms with E-state index in [1.54, 1.807) is 0 Å². The molecule has 0 aliphatic carbocycles. The molecule has 0 unspecified atom stereocenters. The molecule has 0 amide bonds. The third-order valence-electron chi connectivity index (χ3n) is 6.22. The largest absolute Gasteiger partial charge is 0.494 e. The number of hydrogen-bond acceptors (Lipinski definition) is 6. The Labute approximate surface area is 212 Å². The second-order valence-corrected chi connectivity index (χ2v) is 10.5. The molecule has 0 radical (unpaired) electrons. The van der Waals surface area contributed by atoms with Crippen LogP contribution in [0, 0.1) is 5.92 Å². The summed E-state index contributed by atoms with van der Waals surface area (Å²) in [6.45, 7) is 14.3. The number of aromatic nitrogens is 5. The number of rotatable bonds is 9. The number of tetrazole rings is 1. The van der Waals surface area contributed by atoms with Crippen LogP contribution in [0.3, 0.4) is 0 Å². The minimum absolute atomic E-state index is 0.0948. The van der Waals surface area contributed by atoms with E-state index < -0.39 is 0 Å². The van der Waals surface area contributed by atoms with Crippen molar-refractivity contribution < 1.29 is 4.74 Å². The smallest absolute Gasteiger partial charge is 0.252 e. The van der Waals surface area contributed by atoms with Gasteiger partial charge in [-0.1, -0.05) is 44.2 Å². The molecule has 0 bridgehead atoms. The molecule has 0 aliphatic rings. The van der Waals surface area contributed by atoms with Crippen LogP contribution in [0.4, 0.5) is 0 Å². The molecule has 0 saturated heterocycles. The van der Waals surface area contributed by atoms with E-state index in [0.29, 0.717) is 25.3 Å². The Morgan fingerprint density at radius 2 is 1.81 bits per heavy atom. The van der Waals surface area contributed by atoms with Gasteiger partial charge in [0.05, 0.1) is 18.2 Å². The lowest BCUT2D eigenvalue weighted by atomic mass is 9.98. The molecule has 0 spiro atoms. The highest BCUT2D eigenvalue weighted by Gasteiger charge is 2.32. The highest BCUT2D eigenvalue weighted by atomic mass is 16.5. The van der Waals surface area contributed by atoms with E-state index in [4.69, 9.17) is 4.74 Å². The summed E-state index contributed by atoms with van der Waals surface area (Å²) in [6, 6.07) is 17.9. The molecular weight excluding hydrogens is 452 g/mol. The first kappa shape index (κ1) is 25.6. The van der Waals surface area contributed by atoms with E-state index in [1.165, 1.54) is 0 Å². The lowest BCUT2D eigenvalue weighted by Crippen LogP contribution is -2.37. The van der Waals surface area contributed by atoms with E-state index in [9.17, 15) is 4.79 Å². The fourth-order valence-corrected chi connectivity index (χ4v) is 4.63. The molecule has 4 aromatic rings. The number of nitrogens with zero attached hydrogens (tertiary/aromatic N) is 5. The predicted octanol–water partition coefficient (Wildman–Crippen LogP) is 5.07. The summed E-state index contributed by atoms with van der Waals surface area (Å²) in [4.78, 5) is 18.5. The zero-order chi connectivity index (χ0) is 25.9. The normalized spacial score (nSPS) is 13.0. The number of benzene rings is 2. The van der Waals surface area contributed by atoms with Gasteiger partial charge in [0.2, 0.25) is 0 Å². The molecule has 190 valence electrons. The minimum atomic E-state index is -0.277. The number of hydrogen-bond donors (Lipinski definition) is 1. The van der Waals surface area contributed by atoms with Crippen molar-refractivity contribution in [3.8, 4) is 5.75 Å². The van der Waals surface area contributed by atoms with Crippen molar-refractivity contribution >= 4 is 10.9 Å². The minimum Gasteiger partial charge on any atom is -0.494 e. The highest BCUT2D eigenvalue weighted by Crippen LogP contribution is 2.32. The first-order valence-corrected chi connectivity index (χ1v) is 12.5. The van der Waals surface area contributed by atoms with Gasteiger partial charge >= 0.3 is 0 Å². The third kappa shape index (κ3) is 5.65. The summed E-state index contributed by atoms with van der Waals surface area (Å²) >= 11 is 0. The average molecular weight is 489 g/mol. The highest BCUT2D eigenvalue weighted by molar-refractivity contribution is 5.80. The van der Waals surface area contributed by atoms with Gasteiger partial charge in [-0.05, 0) is 73.9 Å². The predicted molar refractivity (Wildman–Crippen MR) is 142 cm³/mol. The van der Waals surface area contributed by atoms with Crippen LogP contribution >= 0.6 is 0 Å². The van der Waals surface area contributed by atoms with Crippen LogP contribution in [0.25, 0.3) is 10.9 Å². The summed E-state index contributed by atoms with van der Waals surface area (Å²) < 4.78 is 7.58. The quantitative estimate of drug-likeness (QED) is 0.354. The molecule has 1 N–H and O–H groups in total. The van der Waals surface area contributed by atoms with Gasteiger partial charge in [0.1, 0.15) is 5.75 Å². The molecule has 4 rings (SSSR count). The topological polar surface area (TPSA) is 88.9 Å². The van der Waals surface area contributed by atoms with Crippen LogP contribution in [0.5, 0.6) is 5.75 Å². The standard InChI is InChI=1S/C28H36N6O2/c1-7-36-23-13-14-24-21(16-23)15-22(27(35)29-24)18-33(17-20-11-9-8-10-12-20)25(19(2)3)26-30-31-32-34(26)28(4,5)6/h8-16,19,25H,7,17-18H2,1-6H3,(H,29,35)/t25-/m0/s1. The second-order valence-electron chi connectivity index (χ2n) is 10.5. The maximum absolute atomic E-state index is 13.2. The molecule has 1 atom stereocenters. The maximum atomic E-state index is 13.2. The second kappa shape index (κ2) is 10.6. The van der Waals surface area contributed by atoms with E-state index in [2.05, 4.69) is 72.2 Å². The van der Waals surface area contributed by atoms with Crippen LogP contribution in [0.15, 0.2) is 59.4 Å². The van der Waals surface area contributed by atoms with Crippen molar-refractivity contribution in [3.63, 3.8) is 0 Å². The summed E-state index contributed by atoms with van der Waals surface area (Å²) in [7, 11) is 0. The van der Waals surface area contributed by atoms with Crippen LogP contribution in [0.1, 0.15) is 64.5 Å². The van der Waals surface area contributed by atoms with Gasteiger partial charge < -0.3 is 9.72 Å². The van der Waals surface area contributed by atoms with Gasteiger partial charge in [-0.15, -0.1) is 5.10 Å². The van der Waals surface area contributed by atoms with E-state index in [1.807, 2.05) is 54.1 Å². The number of nitrogens with one attached hydrogen (secondary N) is 1. The van der Waals surface area contributed by atoms with Gasteiger partial charge in [0, 0.05) is 29.6 Å². The summed E-state index contributed by atoms with van der Waals surface area (Å²) in [5, 5.41) is 13.8. The molecule has 0 aliphatic heterocycles. The lowest BCUT2D eigenvalue weighted by Gasteiger charge is -2.35. The Balaban J connectivity index is 1.79. The molecule has 0 saturated carbocycles. The third-order valence-corrected chi connectivity index (χ3v) is 6.22. The zero-order valence-corrected chi connectivity index (χ0v) is 22.0. The van der Waals surface area contributed by atoms with Crippen LogP contribution in [-0.4, -0.2) is 36.7 Å². The number of aromatic amines is 1. The van der Waals surface area contributed by atoms with Crippen molar-refractivity contribution in [3.05, 3.63) is 81.9 Å². The van der Waals surface area contributed by atoms with Gasteiger partial charge in [-0.3, -0.25) is 9.69 Å². The zero-order valence-electron chi connectivity index (χ0n) is 22.0. The number of pyridine rings is 1. The molecular formula is C28H36N6O2. The molecule has 36 heavy (non-hydrogen) atoms. The van der Waals surface area contributed by atoms with Gasteiger partial charge in [-0.25, -0.2) is 4.68 Å². The Morgan fingerprint density at radius 3 is 2.47 bits per heavy atom. The molecule has 2 heterocycles. The number of H-pyrrole nitrogens is 1. The van der Waals surface area contributed by atoms with Crippen molar-refractivity contribution in [2.24, 2.45) is 5.92 Å². The van der Waals surface area contributed by atoms with Crippen molar-refractivity contribution in [2.75, 3.05) is 6.61 Å². The van der Waals surface area contributed by atoms with Crippen LogP contribution in [-0.2, 0) is 18.6 Å². The van der Waals surface area contributed by atoms with Crippen molar-refractivity contribution in [1.82, 2.24) is 30.1 Å². The first-order valence-electron chi connectivity index (χ1n) is 12.5.